The molecule has 2 amide bonds. The van der Waals surface area contributed by atoms with Crippen LogP contribution in [0.5, 0.6) is 0 Å². The summed E-state index contributed by atoms with van der Waals surface area (Å²) in [7, 11) is 0. The van der Waals surface area contributed by atoms with Gasteiger partial charge in [0.1, 0.15) is 0 Å². The third-order valence-electron chi connectivity index (χ3n) is 4.41. The minimum Gasteiger partial charge on any atom is -0.379 e. The molecule has 6 nitrogen and oxygen atoms in total. The van der Waals surface area contributed by atoms with E-state index in [1.807, 2.05) is 17.5 Å². The molecule has 148 valence electrons. The third kappa shape index (κ3) is 6.30. The zero-order valence-electron chi connectivity index (χ0n) is 15.7. The molecule has 1 saturated heterocycles. The summed E-state index contributed by atoms with van der Waals surface area (Å²) in [6, 6.07) is 10.9. The molecule has 0 spiro atoms. The fourth-order valence-electron chi connectivity index (χ4n) is 2.93. The van der Waals surface area contributed by atoms with Crippen molar-refractivity contribution < 1.29 is 14.3 Å². The molecule has 7 heteroatoms. The quantitative estimate of drug-likeness (QED) is 0.529. The highest BCUT2D eigenvalue weighted by Gasteiger charge is 2.13. The minimum atomic E-state index is -0.263. The monoisotopic (exact) mass is 399 g/mol. The molecule has 0 atom stereocenters. The van der Waals surface area contributed by atoms with Gasteiger partial charge in [-0.05, 0) is 42.6 Å². The lowest BCUT2D eigenvalue weighted by Gasteiger charge is -2.26. The number of carbonyl (C=O) groups excluding carboxylic acids is 2. The Morgan fingerprint density at radius 2 is 1.96 bits per heavy atom. The first kappa shape index (κ1) is 20.3. The van der Waals surface area contributed by atoms with E-state index in [-0.39, 0.29) is 11.8 Å². The fraction of sp³-hybridized carbons (Fsp3) is 0.333. The van der Waals surface area contributed by atoms with Crippen LogP contribution in [-0.2, 0) is 9.53 Å². The van der Waals surface area contributed by atoms with Crippen LogP contribution in [0.3, 0.4) is 0 Å². The first-order valence-electron chi connectivity index (χ1n) is 9.42. The molecule has 2 aromatic rings. The molecule has 3 rings (SSSR count). The number of ether oxygens (including phenoxy) is 1. The largest absolute Gasteiger partial charge is 0.379 e. The van der Waals surface area contributed by atoms with Gasteiger partial charge in [0.05, 0.1) is 24.5 Å². The highest BCUT2D eigenvalue weighted by atomic mass is 32.1. The van der Waals surface area contributed by atoms with Gasteiger partial charge in [-0.2, -0.15) is 0 Å². The maximum Gasteiger partial charge on any atom is 0.253 e. The van der Waals surface area contributed by atoms with Crippen LogP contribution >= 0.6 is 11.3 Å². The molecular weight excluding hydrogens is 374 g/mol. The Kier molecular flexibility index (Phi) is 7.78. The van der Waals surface area contributed by atoms with E-state index in [1.54, 1.807) is 41.7 Å². The Morgan fingerprint density at radius 1 is 1.14 bits per heavy atom. The van der Waals surface area contributed by atoms with Crippen molar-refractivity contribution in [3.8, 4) is 0 Å². The lowest BCUT2D eigenvalue weighted by atomic mass is 10.1. The maximum atomic E-state index is 12.5. The highest BCUT2D eigenvalue weighted by Crippen LogP contribution is 2.16. The Morgan fingerprint density at radius 3 is 2.75 bits per heavy atom. The molecule has 2 N–H and O–H groups in total. The van der Waals surface area contributed by atoms with E-state index in [0.717, 1.165) is 44.1 Å². The van der Waals surface area contributed by atoms with Gasteiger partial charge >= 0.3 is 0 Å². The van der Waals surface area contributed by atoms with Gasteiger partial charge in [-0.25, -0.2) is 0 Å². The summed E-state index contributed by atoms with van der Waals surface area (Å²) in [5, 5.41) is 7.69. The number of carbonyl (C=O) groups is 2. The maximum absolute atomic E-state index is 12.5. The van der Waals surface area contributed by atoms with Crippen molar-refractivity contribution in [1.82, 2.24) is 10.2 Å². The summed E-state index contributed by atoms with van der Waals surface area (Å²) >= 11 is 1.56. The standard InChI is InChI=1S/C21H25N3O3S/c25-20(9-8-17-5-3-16-28-17)23-19-7-2-1-6-18(19)21(26)22-10-4-11-24-12-14-27-15-13-24/h1-3,5-9,16H,4,10-15H2,(H,22,26)(H,23,25)/b9-8+. The molecule has 0 unspecified atom stereocenters. The summed E-state index contributed by atoms with van der Waals surface area (Å²) in [5.74, 6) is -0.443. The van der Waals surface area contributed by atoms with E-state index < -0.39 is 0 Å². The Labute approximate surface area is 169 Å². The molecule has 0 saturated carbocycles. The van der Waals surface area contributed by atoms with Crippen molar-refractivity contribution in [3.63, 3.8) is 0 Å². The lowest BCUT2D eigenvalue weighted by Crippen LogP contribution is -2.38. The number of hydrogen-bond donors (Lipinski definition) is 2. The Bertz CT molecular complexity index is 799. The summed E-state index contributed by atoms with van der Waals surface area (Å²) in [6.07, 6.45) is 4.11. The molecule has 1 aromatic heterocycles. The number of benzene rings is 1. The number of anilines is 1. The van der Waals surface area contributed by atoms with Crippen molar-refractivity contribution >= 4 is 34.9 Å². The van der Waals surface area contributed by atoms with Gasteiger partial charge in [0.2, 0.25) is 5.91 Å². The SMILES string of the molecule is O=C(/C=C/c1cccs1)Nc1ccccc1C(=O)NCCCN1CCOCC1. The van der Waals surface area contributed by atoms with Crippen LogP contribution < -0.4 is 10.6 Å². The van der Waals surface area contributed by atoms with Crippen LogP contribution in [0.4, 0.5) is 5.69 Å². The molecular formula is C21H25N3O3S. The van der Waals surface area contributed by atoms with E-state index in [9.17, 15) is 9.59 Å². The van der Waals surface area contributed by atoms with E-state index in [0.29, 0.717) is 17.8 Å². The van der Waals surface area contributed by atoms with E-state index >= 15 is 0 Å². The normalized spacial score (nSPS) is 14.9. The van der Waals surface area contributed by atoms with Gasteiger partial charge in [0.15, 0.2) is 0 Å². The average Bonchev–Trinajstić information content (AvgIpc) is 3.24. The molecule has 0 bridgehead atoms. The van der Waals surface area contributed by atoms with Crippen molar-refractivity contribution in [1.29, 1.82) is 0 Å². The number of para-hydroxylation sites is 1. The molecule has 28 heavy (non-hydrogen) atoms. The van der Waals surface area contributed by atoms with Crippen molar-refractivity contribution in [3.05, 3.63) is 58.3 Å². The zero-order valence-corrected chi connectivity index (χ0v) is 16.5. The number of thiophene rings is 1. The van der Waals surface area contributed by atoms with Crippen LogP contribution in [0.2, 0.25) is 0 Å². The van der Waals surface area contributed by atoms with Crippen LogP contribution in [-0.4, -0.2) is 56.1 Å². The number of rotatable bonds is 8. The van der Waals surface area contributed by atoms with Gasteiger partial charge < -0.3 is 15.4 Å². The minimum absolute atomic E-state index is 0.180. The fourth-order valence-corrected chi connectivity index (χ4v) is 3.55. The van der Waals surface area contributed by atoms with E-state index in [4.69, 9.17) is 4.74 Å². The Balaban J connectivity index is 1.49. The molecule has 2 heterocycles. The second-order valence-electron chi connectivity index (χ2n) is 6.45. The van der Waals surface area contributed by atoms with Crippen molar-refractivity contribution in [2.24, 2.45) is 0 Å². The molecule has 0 aliphatic carbocycles. The molecule has 1 aliphatic rings. The molecule has 1 aromatic carbocycles. The van der Waals surface area contributed by atoms with Crippen LogP contribution in [0.25, 0.3) is 6.08 Å². The van der Waals surface area contributed by atoms with Gasteiger partial charge in [-0.3, -0.25) is 14.5 Å². The number of hydrogen-bond acceptors (Lipinski definition) is 5. The van der Waals surface area contributed by atoms with E-state index in [1.165, 1.54) is 6.08 Å². The number of nitrogens with one attached hydrogen (secondary N) is 2. The number of amides is 2. The van der Waals surface area contributed by atoms with Crippen LogP contribution in [0.1, 0.15) is 21.7 Å². The summed E-state index contributed by atoms with van der Waals surface area (Å²) in [6.45, 7) is 4.98. The van der Waals surface area contributed by atoms with Gasteiger partial charge in [0, 0.05) is 30.6 Å². The summed E-state index contributed by atoms with van der Waals surface area (Å²) < 4.78 is 5.34. The predicted octanol–water partition coefficient (Wildman–Crippen LogP) is 2.85. The molecule has 1 fully saturated rings. The number of morpholine rings is 1. The summed E-state index contributed by atoms with van der Waals surface area (Å²) in [5.41, 5.74) is 0.973. The van der Waals surface area contributed by atoms with Crippen molar-refractivity contribution in [2.45, 2.75) is 6.42 Å². The zero-order chi connectivity index (χ0) is 19.6. The van der Waals surface area contributed by atoms with Gasteiger partial charge in [-0.1, -0.05) is 18.2 Å². The molecule has 0 radical (unpaired) electrons. The first-order valence-corrected chi connectivity index (χ1v) is 10.3. The van der Waals surface area contributed by atoms with Gasteiger partial charge in [-0.15, -0.1) is 11.3 Å². The predicted molar refractivity (Wildman–Crippen MR) is 113 cm³/mol. The second kappa shape index (κ2) is 10.8. The Hall–Kier alpha value is -2.48. The topological polar surface area (TPSA) is 70.7 Å². The summed E-state index contributed by atoms with van der Waals surface area (Å²) in [4.78, 5) is 28.0. The van der Waals surface area contributed by atoms with Gasteiger partial charge in [0.25, 0.3) is 5.91 Å². The van der Waals surface area contributed by atoms with Crippen LogP contribution in [0, 0.1) is 0 Å². The second-order valence-corrected chi connectivity index (χ2v) is 7.43. The molecule has 1 aliphatic heterocycles. The third-order valence-corrected chi connectivity index (χ3v) is 5.25. The first-order chi connectivity index (χ1) is 13.7. The van der Waals surface area contributed by atoms with E-state index in [2.05, 4.69) is 15.5 Å². The average molecular weight is 400 g/mol. The van der Waals surface area contributed by atoms with Crippen molar-refractivity contribution in [2.75, 3.05) is 44.7 Å². The van der Waals surface area contributed by atoms with Crippen LogP contribution in [0.15, 0.2) is 47.9 Å². The number of nitrogens with zero attached hydrogens (tertiary/aromatic N) is 1. The highest BCUT2D eigenvalue weighted by molar-refractivity contribution is 7.10. The lowest BCUT2D eigenvalue weighted by molar-refractivity contribution is -0.111. The smallest absolute Gasteiger partial charge is 0.253 e.